The van der Waals surface area contributed by atoms with Gasteiger partial charge in [0.25, 0.3) is 0 Å². The van der Waals surface area contributed by atoms with Crippen LogP contribution < -0.4 is 15.4 Å². The number of carbonyl (C=O) groups is 1. The molecule has 28 heavy (non-hydrogen) atoms. The van der Waals surface area contributed by atoms with Crippen molar-refractivity contribution in [1.82, 2.24) is 15.6 Å². The van der Waals surface area contributed by atoms with Crippen LogP contribution in [0.3, 0.4) is 0 Å². The van der Waals surface area contributed by atoms with Crippen LogP contribution >= 0.6 is 11.3 Å². The lowest BCUT2D eigenvalue weighted by Gasteiger charge is -2.22. The molecule has 0 saturated heterocycles. The summed E-state index contributed by atoms with van der Waals surface area (Å²) in [6.45, 7) is 1.60. The molecule has 0 aliphatic heterocycles. The Kier molecular flexibility index (Phi) is 6.19. The van der Waals surface area contributed by atoms with E-state index in [0.717, 1.165) is 49.4 Å². The third kappa shape index (κ3) is 4.88. The van der Waals surface area contributed by atoms with Gasteiger partial charge in [-0.15, -0.1) is 11.3 Å². The van der Waals surface area contributed by atoms with Gasteiger partial charge in [0, 0.05) is 17.5 Å². The molecule has 2 N–H and O–H groups in total. The lowest BCUT2D eigenvalue weighted by Crippen LogP contribution is -2.35. The molecule has 1 unspecified atom stereocenters. The molecule has 1 aliphatic carbocycles. The van der Waals surface area contributed by atoms with Gasteiger partial charge < -0.3 is 15.4 Å². The summed E-state index contributed by atoms with van der Waals surface area (Å²) >= 11 is 1.77. The topological polar surface area (TPSA) is 63.2 Å². The number of unbranched alkanes of at least 4 members (excludes halogenated alkanes) is 1. The van der Waals surface area contributed by atoms with Crippen molar-refractivity contribution >= 4 is 28.2 Å². The molecule has 1 atom stereocenters. The number of aryl methyl sites for hydroxylation is 1. The monoisotopic (exact) mass is 395 g/mol. The summed E-state index contributed by atoms with van der Waals surface area (Å²) in [7, 11) is 0. The number of nitrogens with zero attached hydrogens (tertiary/aromatic N) is 1. The summed E-state index contributed by atoms with van der Waals surface area (Å²) in [4.78, 5) is 17.8. The molecule has 0 spiro atoms. The van der Waals surface area contributed by atoms with E-state index >= 15 is 0 Å². The number of hydrogen-bond donors (Lipinski definition) is 2. The van der Waals surface area contributed by atoms with Gasteiger partial charge >= 0.3 is 6.09 Å². The number of benzene rings is 2. The van der Waals surface area contributed by atoms with E-state index in [1.165, 1.54) is 10.6 Å². The highest BCUT2D eigenvalue weighted by Crippen LogP contribution is 2.24. The highest BCUT2D eigenvalue weighted by Gasteiger charge is 2.19. The Hall–Kier alpha value is -2.44. The predicted molar refractivity (Wildman–Crippen MR) is 113 cm³/mol. The first-order valence-corrected chi connectivity index (χ1v) is 10.7. The first kappa shape index (κ1) is 18.9. The van der Waals surface area contributed by atoms with Crippen molar-refractivity contribution in [3.05, 3.63) is 58.5 Å². The zero-order chi connectivity index (χ0) is 19.2. The van der Waals surface area contributed by atoms with Crippen LogP contribution in [0.15, 0.2) is 48.0 Å². The quantitative estimate of drug-likeness (QED) is 0.585. The number of thiazole rings is 1. The number of hydrogen-bond acceptors (Lipinski definition) is 5. The molecule has 3 aromatic rings. The minimum atomic E-state index is -0.395. The second kappa shape index (κ2) is 9.17. The predicted octanol–water partition coefficient (Wildman–Crippen LogP) is 4.31. The van der Waals surface area contributed by atoms with E-state index < -0.39 is 6.09 Å². The van der Waals surface area contributed by atoms with Crippen molar-refractivity contribution in [2.24, 2.45) is 0 Å². The zero-order valence-corrected chi connectivity index (χ0v) is 16.6. The van der Waals surface area contributed by atoms with E-state index in [0.29, 0.717) is 18.3 Å². The normalized spacial score (nSPS) is 15.9. The molecule has 2 aromatic carbocycles. The standard InChI is InChI=1S/C22H25N3O2S/c26-22(27-19-9-7-16-5-1-2-6-17(16)13-19)24-12-4-3-11-23-18-8-10-20-21(14-18)28-15-25-20/h1-2,5-7,9,13,15,18,23H,3-4,8,10-12,14H2,(H,24,26). The van der Waals surface area contributed by atoms with Gasteiger partial charge in [-0.1, -0.05) is 30.3 Å². The van der Waals surface area contributed by atoms with Gasteiger partial charge in [0.1, 0.15) is 5.75 Å². The summed E-state index contributed by atoms with van der Waals surface area (Å²) in [6.07, 6.45) is 4.90. The Labute approximate surface area is 169 Å². The summed E-state index contributed by atoms with van der Waals surface area (Å²) < 4.78 is 5.38. The summed E-state index contributed by atoms with van der Waals surface area (Å²) in [5.41, 5.74) is 3.24. The largest absolute Gasteiger partial charge is 0.412 e. The van der Waals surface area contributed by atoms with E-state index in [4.69, 9.17) is 4.74 Å². The molecule has 146 valence electrons. The van der Waals surface area contributed by atoms with Crippen LogP contribution in [-0.4, -0.2) is 30.2 Å². The van der Waals surface area contributed by atoms with Gasteiger partial charge in [-0.3, -0.25) is 0 Å². The van der Waals surface area contributed by atoms with Crippen LogP contribution in [0.4, 0.5) is 4.79 Å². The van der Waals surface area contributed by atoms with Crippen LogP contribution in [0.1, 0.15) is 29.8 Å². The van der Waals surface area contributed by atoms with Crippen LogP contribution in [0, 0.1) is 0 Å². The molecule has 4 rings (SSSR count). The number of nitrogens with one attached hydrogen (secondary N) is 2. The fourth-order valence-electron chi connectivity index (χ4n) is 3.60. The summed E-state index contributed by atoms with van der Waals surface area (Å²) in [5, 5.41) is 8.66. The van der Waals surface area contributed by atoms with E-state index in [1.807, 2.05) is 48.0 Å². The SMILES string of the molecule is O=C(NCCCCNC1CCc2ncsc2C1)Oc1ccc2ccccc2c1. The number of carbonyl (C=O) groups excluding carboxylic acids is 1. The molecule has 0 fully saturated rings. The lowest BCUT2D eigenvalue weighted by molar-refractivity contribution is 0.200. The zero-order valence-electron chi connectivity index (χ0n) is 15.8. The van der Waals surface area contributed by atoms with E-state index in [9.17, 15) is 4.79 Å². The number of rotatable bonds is 7. The van der Waals surface area contributed by atoms with Crippen molar-refractivity contribution in [2.75, 3.05) is 13.1 Å². The Bertz CT molecular complexity index is 940. The van der Waals surface area contributed by atoms with Gasteiger partial charge in [0.2, 0.25) is 0 Å². The number of ether oxygens (including phenoxy) is 1. The van der Waals surface area contributed by atoms with Gasteiger partial charge in [0.05, 0.1) is 11.2 Å². The number of aromatic nitrogens is 1. The fourth-order valence-corrected chi connectivity index (χ4v) is 4.49. The van der Waals surface area contributed by atoms with Gasteiger partial charge in [0.15, 0.2) is 0 Å². The molecule has 1 aromatic heterocycles. The fraction of sp³-hybridized carbons (Fsp3) is 0.364. The van der Waals surface area contributed by atoms with E-state index in [2.05, 4.69) is 15.6 Å². The van der Waals surface area contributed by atoms with Crippen molar-refractivity contribution in [2.45, 2.75) is 38.1 Å². The van der Waals surface area contributed by atoms with Gasteiger partial charge in [-0.25, -0.2) is 9.78 Å². The third-order valence-electron chi connectivity index (χ3n) is 5.12. The van der Waals surface area contributed by atoms with Crippen LogP contribution in [0.5, 0.6) is 5.75 Å². The minimum absolute atomic E-state index is 0.395. The van der Waals surface area contributed by atoms with Gasteiger partial charge in [-0.05, 0) is 61.6 Å². The third-order valence-corrected chi connectivity index (χ3v) is 6.02. The molecule has 5 nitrogen and oxygen atoms in total. The average molecular weight is 396 g/mol. The minimum Gasteiger partial charge on any atom is -0.410 e. The molecule has 0 bridgehead atoms. The Morgan fingerprint density at radius 2 is 2.00 bits per heavy atom. The van der Waals surface area contributed by atoms with Crippen molar-refractivity contribution < 1.29 is 9.53 Å². The van der Waals surface area contributed by atoms with Crippen LogP contribution in [0.2, 0.25) is 0 Å². The van der Waals surface area contributed by atoms with Crippen molar-refractivity contribution in [1.29, 1.82) is 0 Å². The van der Waals surface area contributed by atoms with Crippen LogP contribution in [0.25, 0.3) is 10.8 Å². The Morgan fingerprint density at radius 3 is 2.93 bits per heavy atom. The first-order chi connectivity index (χ1) is 13.8. The van der Waals surface area contributed by atoms with E-state index in [-0.39, 0.29) is 0 Å². The molecule has 1 aliphatic rings. The van der Waals surface area contributed by atoms with E-state index in [1.54, 1.807) is 11.3 Å². The molecule has 0 saturated carbocycles. The molecule has 0 radical (unpaired) electrons. The Balaban J connectivity index is 1.11. The molecule has 1 amide bonds. The number of amides is 1. The molecular weight excluding hydrogens is 370 g/mol. The highest BCUT2D eigenvalue weighted by molar-refractivity contribution is 7.09. The highest BCUT2D eigenvalue weighted by atomic mass is 32.1. The van der Waals surface area contributed by atoms with Crippen LogP contribution in [-0.2, 0) is 12.8 Å². The maximum atomic E-state index is 12.0. The molecule has 1 heterocycles. The molecular formula is C22H25N3O2S. The first-order valence-electron chi connectivity index (χ1n) is 9.87. The second-order valence-corrected chi connectivity index (χ2v) is 8.09. The van der Waals surface area contributed by atoms with Gasteiger partial charge in [-0.2, -0.15) is 0 Å². The average Bonchev–Trinajstić information content (AvgIpc) is 3.18. The maximum absolute atomic E-state index is 12.0. The maximum Gasteiger partial charge on any atom is 0.412 e. The van der Waals surface area contributed by atoms with Crippen molar-refractivity contribution in [3.63, 3.8) is 0 Å². The van der Waals surface area contributed by atoms with Crippen molar-refractivity contribution in [3.8, 4) is 5.75 Å². The Morgan fingerprint density at radius 1 is 1.14 bits per heavy atom. The smallest absolute Gasteiger partial charge is 0.410 e. The second-order valence-electron chi connectivity index (χ2n) is 7.15. The summed E-state index contributed by atoms with van der Waals surface area (Å²) in [6, 6.07) is 14.2. The number of fused-ring (bicyclic) bond motifs is 2. The summed E-state index contributed by atoms with van der Waals surface area (Å²) in [5.74, 6) is 0.567. The lowest BCUT2D eigenvalue weighted by atomic mass is 9.97. The molecule has 6 heteroatoms.